The number of hydrogen-bond acceptors (Lipinski definition) is 3. The fraction of sp³-hybridized carbons (Fsp3) is 0.333. The van der Waals surface area contributed by atoms with Crippen molar-refractivity contribution in [1.82, 2.24) is 5.43 Å². The summed E-state index contributed by atoms with van der Waals surface area (Å²) in [4.78, 5) is 0. The minimum atomic E-state index is -0.246. The van der Waals surface area contributed by atoms with Gasteiger partial charge in [0.05, 0.1) is 10.5 Å². The summed E-state index contributed by atoms with van der Waals surface area (Å²) in [6.07, 6.45) is 1.96. The van der Waals surface area contributed by atoms with E-state index in [1.807, 2.05) is 6.26 Å². The minimum absolute atomic E-state index is 0.150. The predicted molar refractivity (Wildman–Crippen MR) is 62.5 cm³/mol. The van der Waals surface area contributed by atoms with Gasteiger partial charge in [-0.25, -0.2) is 4.39 Å². The Bertz CT molecular complexity index is 309. The van der Waals surface area contributed by atoms with E-state index in [9.17, 15) is 4.39 Å². The molecule has 0 saturated carbocycles. The largest absolute Gasteiger partial charge is 0.271 e. The molecule has 0 fully saturated rings. The van der Waals surface area contributed by atoms with E-state index in [1.54, 1.807) is 30.0 Å². The molecule has 0 aliphatic rings. The van der Waals surface area contributed by atoms with Crippen LogP contribution < -0.4 is 11.3 Å². The molecule has 5 heteroatoms. The van der Waals surface area contributed by atoms with Crippen molar-refractivity contribution in [2.75, 3.05) is 12.0 Å². The van der Waals surface area contributed by atoms with Crippen LogP contribution in [-0.4, -0.2) is 12.0 Å². The molecule has 0 aliphatic heterocycles. The Kier molecular flexibility index (Phi) is 4.88. The standard InChI is InChI=1S/C9H12BrFN2S/c1-14-5-8(13-12)6-3-2-4-7(10)9(6)11/h2-4,8,13H,5,12H2,1H3. The van der Waals surface area contributed by atoms with Crippen molar-refractivity contribution in [1.29, 1.82) is 0 Å². The smallest absolute Gasteiger partial charge is 0.142 e. The molecule has 0 heterocycles. The van der Waals surface area contributed by atoms with Crippen molar-refractivity contribution in [3.05, 3.63) is 34.1 Å². The third kappa shape index (κ3) is 2.70. The van der Waals surface area contributed by atoms with Crippen LogP contribution in [0, 0.1) is 5.82 Å². The van der Waals surface area contributed by atoms with Crippen LogP contribution in [-0.2, 0) is 0 Å². The highest BCUT2D eigenvalue weighted by atomic mass is 79.9. The first-order valence-corrected chi connectivity index (χ1v) is 6.28. The second-order valence-electron chi connectivity index (χ2n) is 2.82. The van der Waals surface area contributed by atoms with E-state index in [2.05, 4.69) is 21.4 Å². The first-order valence-electron chi connectivity index (χ1n) is 4.09. The summed E-state index contributed by atoms with van der Waals surface area (Å²) in [6, 6.07) is 5.06. The van der Waals surface area contributed by atoms with Crippen molar-refractivity contribution >= 4 is 27.7 Å². The molecule has 0 spiro atoms. The van der Waals surface area contributed by atoms with Crippen LogP contribution in [0.4, 0.5) is 4.39 Å². The fourth-order valence-electron chi connectivity index (χ4n) is 1.18. The van der Waals surface area contributed by atoms with E-state index >= 15 is 0 Å². The van der Waals surface area contributed by atoms with E-state index in [4.69, 9.17) is 5.84 Å². The van der Waals surface area contributed by atoms with Gasteiger partial charge in [0.2, 0.25) is 0 Å². The van der Waals surface area contributed by atoms with Gasteiger partial charge in [0.15, 0.2) is 0 Å². The molecule has 0 aliphatic carbocycles. The Morgan fingerprint density at radius 3 is 2.93 bits per heavy atom. The normalized spacial score (nSPS) is 12.9. The molecule has 3 N–H and O–H groups in total. The van der Waals surface area contributed by atoms with Crippen molar-refractivity contribution in [2.24, 2.45) is 5.84 Å². The van der Waals surface area contributed by atoms with Gasteiger partial charge >= 0.3 is 0 Å². The maximum absolute atomic E-state index is 13.6. The fourth-order valence-corrected chi connectivity index (χ4v) is 2.17. The van der Waals surface area contributed by atoms with Crippen LogP contribution in [0.2, 0.25) is 0 Å². The van der Waals surface area contributed by atoms with Crippen molar-refractivity contribution in [3.63, 3.8) is 0 Å². The van der Waals surface area contributed by atoms with E-state index < -0.39 is 0 Å². The van der Waals surface area contributed by atoms with Crippen LogP contribution in [0.1, 0.15) is 11.6 Å². The third-order valence-corrected chi connectivity index (χ3v) is 3.17. The lowest BCUT2D eigenvalue weighted by molar-refractivity contribution is 0.543. The molecule has 78 valence electrons. The summed E-state index contributed by atoms with van der Waals surface area (Å²) in [5.41, 5.74) is 3.20. The molecule has 1 aromatic carbocycles. The third-order valence-electron chi connectivity index (χ3n) is 1.89. The summed E-state index contributed by atoms with van der Waals surface area (Å²) < 4.78 is 14.1. The van der Waals surface area contributed by atoms with Gasteiger partial charge in [-0.1, -0.05) is 12.1 Å². The van der Waals surface area contributed by atoms with E-state index in [-0.39, 0.29) is 11.9 Å². The predicted octanol–water partition coefficient (Wildman–Crippen LogP) is 2.46. The molecule has 2 nitrogen and oxygen atoms in total. The zero-order valence-corrected chi connectivity index (χ0v) is 10.2. The van der Waals surface area contributed by atoms with E-state index in [0.717, 1.165) is 5.75 Å². The Morgan fingerprint density at radius 2 is 2.36 bits per heavy atom. The molecule has 0 saturated heterocycles. The van der Waals surface area contributed by atoms with E-state index in [1.165, 1.54) is 0 Å². The van der Waals surface area contributed by atoms with E-state index in [0.29, 0.717) is 10.0 Å². The number of nitrogens with two attached hydrogens (primary N) is 1. The highest BCUT2D eigenvalue weighted by Crippen LogP contribution is 2.24. The SMILES string of the molecule is CSCC(NN)c1cccc(Br)c1F. The van der Waals surface area contributed by atoms with Crippen molar-refractivity contribution < 1.29 is 4.39 Å². The number of nitrogens with one attached hydrogen (secondary N) is 1. The molecule has 0 bridgehead atoms. The highest BCUT2D eigenvalue weighted by Gasteiger charge is 2.15. The zero-order chi connectivity index (χ0) is 10.6. The van der Waals surface area contributed by atoms with Gasteiger partial charge in [0.1, 0.15) is 5.82 Å². The Hall–Kier alpha value is -0.100. The molecule has 1 unspecified atom stereocenters. The molecule has 0 aromatic heterocycles. The van der Waals surface area contributed by atoms with Gasteiger partial charge in [-0.2, -0.15) is 11.8 Å². The highest BCUT2D eigenvalue weighted by molar-refractivity contribution is 9.10. The second-order valence-corrected chi connectivity index (χ2v) is 4.58. The summed E-state index contributed by atoms with van der Waals surface area (Å²) >= 11 is 4.76. The molecule has 1 atom stereocenters. The van der Waals surface area contributed by atoms with Crippen molar-refractivity contribution in [2.45, 2.75) is 6.04 Å². The van der Waals surface area contributed by atoms with Crippen molar-refractivity contribution in [3.8, 4) is 0 Å². The average Bonchev–Trinajstić information content (AvgIpc) is 2.19. The number of benzene rings is 1. The molecular weight excluding hydrogens is 267 g/mol. The second kappa shape index (κ2) is 5.70. The monoisotopic (exact) mass is 278 g/mol. The van der Waals surface area contributed by atoms with Gasteiger partial charge < -0.3 is 0 Å². The maximum Gasteiger partial charge on any atom is 0.142 e. The first-order chi connectivity index (χ1) is 6.70. The first kappa shape index (κ1) is 12.0. The summed E-state index contributed by atoms with van der Waals surface area (Å²) in [6.45, 7) is 0. The lowest BCUT2D eigenvalue weighted by Crippen LogP contribution is -2.30. The molecular formula is C9H12BrFN2S. The minimum Gasteiger partial charge on any atom is -0.271 e. The average molecular weight is 279 g/mol. The van der Waals surface area contributed by atoms with Crippen LogP contribution in [0.15, 0.2) is 22.7 Å². The topological polar surface area (TPSA) is 38.0 Å². The lowest BCUT2D eigenvalue weighted by Gasteiger charge is -2.16. The Balaban J connectivity index is 2.97. The maximum atomic E-state index is 13.6. The summed E-state index contributed by atoms with van der Waals surface area (Å²) in [5, 5.41) is 0. The van der Waals surface area contributed by atoms with Gasteiger partial charge in [-0.3, -0.25) is 11.3 Å². The number of thioether (sulfide) groups is 1. The summed E-state index contributed by atoms with van der Waals surface area (Å²) in [7, 11) is 0. The van der Waals surface area contributed by atoms with Gasteiger partial charge in [0.25, 0.3) is 0 Å². The number of hydrazine groups is 1. The van der Waals surface area contributed by atoms with Gasteiger partial charge in [-0.15, -0.1) is 0 Å². The van der Waals surface area contributed by atoms with Gasteiger partial charge in [-0.05, 0) is 28.3 Å². The number of rotatable bonds is 4. The number of hydrogen-bond donors (Lipinski definition) is 2. The van der Waals surface area contributed by atoms with Crippen LogP contribution in [0.3, 0.4) is 0 Å². The lowest BCUT2D eigenvalue weighted by atomic mass is 10.1. The quantitative estimate of drug-likeness (QED) is 0.657. The summed E-state index contributed by atoms with van der Waals surface area (Å²) in [5.74, 6) is 5.86. The zero-order valence-electron chi connectivity index (χ0n) is 7.76. The van der Waals surface area contributed by atoms with Crippen LogP contribution in [0.5, 0.6) is 0 Å². The van der Waals surface area contributed by atoms with Crippen LogP contribution in [0.25, 0.3) is 0 Å². The van der Waals surface area contributed by atoms with Gasteiger partial charge in [0, 0.05) is 11.3 Å². The Morgan fingerprint density at radius 1 is 1.64 bits per heavy atom. The molecule has 14 heavy (non-hydrogen) atoms. The molecule has 1 aromatic rings. The van der Waals surface area contributed by atoms with Crippen LogP contribution >= 0.6 is 27.7 Å². The molecule has 0 radical (unpaired) electrons. The molecule has 0 amide bonds. The number of halogens is 2. The Labute approximate surface area is 95.5 Å². The molecule has 1 rings (SSSR count).